The summed E-state index contributed by atoms with van der Waals surface area (Å²) in [5.74, 6) is 4.36. The number of anilines is 2. The number of hydrogen-bond donors (Lipinski definition) is 3. The molecule has 1 saturated carbocycles. The van der Waals surface area contributed by atoms with E-state index in [0.29, 0.717) is 5.56 Å². The number of nitrogens with two attached hydrogens (primary N) is 1. The Labute approximate surface area is 163 Å². The molecule has 29 heavy (non-hydrogen) atoms. The predicted molar refractivity (Wildman–Crippen MR) is 98.2 cm³/mol. The van der Waals surface area contributed by atoms with E-state index >= 15 is 0 Å². The Morgan fingerprint density at radius 2 is 2.00 bits per heavy atom. The summed E-state index contributed by atoms with van der Waals surface area (Å²) in [5.41, 5.74) is 3.06. The van der Waals surface area contributed by atoms with Crippen molar-refractivity contribution in [3.05, 3.63) is 53.0 Å². The lowest BCUT2D eigenvalue weighted by Gasteiger charge is -2.37. The van der Waals surface area contributed by atoms with Gasteiger partial charge in [0.05, 0.1) is 5.69 Å². The van der Waals surface area contributed by atoms with Crippen molar-refractivity contribution in [2.45, 2.75) is 31.0 Å². The van der Waals surface area contributed by atoms with Gasteiger partial charge in [-0.05, 0) is 36.6 Å². The number of carbonyl (C=O) groups is 1. The third-order valence-corrected chi connectivity index (χ3v) is 4.82. The topological polar surface area (TPSA) is 80.0 Å². The molecule has 0 saturated heterocycles. The second-order valence-electron chi connectivity index (χ2n) is 7.09. The lowest BCUT2D eigenvalue weighted by molar-refractivity contribution is -0.178. The van der Waals surface area contributed by atoms with Crippen molar-refractivity contribution in [2.24, 2.45) is 5.92 Å². The first-order chi connectivity index (χ1) is 13.7. The van der Waals surface area contributed by atoms with E-state index in [1.54, 1.807) is 0 Å². The number of fused-ring (bicyclic) bond motifs is 1. The van der Waals surface area contributed by atoms with Gasteiger partial charge >= 0.3 is 12.2 Å². The molecule has 4 N–H and O–H groups in total. The second-order valence-corrected chi connectivity index (χ2v) is 7.09. The van der Waals surface area contributed by atoms with Gasteiger partial charge in [-0.15, -0.1) is 0 Å². The summed E-state index contributed by atoms with van der Waals surface area (Å²) in [5, 5.41) is 4.34. The maximum absolute atomic E-state index is 14.0. The first kappa shape index (κ1) is 19.1. The number of nitrogens with one attached hydrogen (secondary N) is 2. The summed E-state index contributed by atoms with van der Waals surface area (Å²) in [6.45, 7) is 0. The third-order valence-electron chi connectivity index (χ3n) is 4.82. The summed E-state index contributed by atoms with van der Waals surface area (Å²) in [4.78, 5) is 16.0. The molecular weight excluding hydrogens is 388 g/mol. The number of rotatable bonds is 2. The summed E-state index contributed by atoms with van der Waals surface area (Å²) in [6, 6.07) is 5.53. The van der Waals surface area contributed by atoms with E-state index in [-0.39, 0.29) is 35.1 Å². The highest BCUT2D eigenvalue weighted by Crippen LogP contribution is 2.44. The molecule has 5 nitrogen and oxygen atoms in total. The highest BCUT2D eigenvalue weighted by molar-refractivity contribution is 5.95. The van der Waals surface area contributed by atoms with Crippen molar-refractivity contribution in [2.75, 3.05) is 11.1 Å². The molecule has 2 aliphatic rings. The van der Waals surface area contributed by atoms with Gasteiger partial charge in [-0.1, -0.05) is 24.0 Å². The van der Waals surface area contributed by atoms with Crippen LogP contribution < -0.4 is 16.4 Å². The average Bonchev–Trinajstić information content (AvgIpc) is 3.46. The van der Waals surface area contributed by atoms with Crippen LogP contribution in [0.4, 0.5) is 33.9 Å². The molecule has 0 bridgehead atoms. The van der Waals surface area contributed by atoms with E-state index in [0.717, 1.165) is 12.8 Å². The number of pyridine rings is 1. The Hall–Kier alpha value is -3.28. The van der Waals surface area contributed by atoms with Gasteiger partial charge in [0.15, 0.2) is 0 Å². The summed E-state index contributed by atoms with van der Waals surface area (Å²) in [7, 11) is 0. The van der Waals surface area contributed by atoms with E-state index in [1.807, 2.05) is 5.32 Å². The van der Waals surface area contributed by atoms with Crippen LogP contribution in [0, 0.1) is 23.6 Å². The lowest BCUT2D eigenvalue weighted by atomic mass is 9.85. The van der Waals surface area contributed by atoms with Crippen molar-refractivity contribution < 1.29 is 22.4 Å². The molecule has 1 aromatic carbocycles. The highest BCUT2D eigenvalue weighted by Gasteiger charge is 2.59. The second kappa shape index (κ2) is 6.65. The molecular formula is C20H16F4N4O. The van der Waals surface area contributed by atoms with Crippen LogP contribution in [0.1, 0.15) is 29.7 Å². The first-order valence-corrected chi connectivity index (χ1v) is 8.91. The molecule has 9 heteroatoms. The smallest absolute Gasteiger partial charge is 0.384 e. The zero-order valence-corrected chi connectivity index (χ0v) is 15.0. The SMILES string of the molecule is Nc1ccc(F)c(Cc2ccc3c(c2)NC(=O)N[C@]3(C#CC2CC2)C(F)(F)F)n1. The van der Waals surface area contributed by atoms with Crippen LogP contribution in [0.3, 0.4) is 0 Å². The monoisotopic (exact) mass is 404 g/mol. The number of amides is 2. The molecule has 2 heterocycles. The van der Waals surface area contributed by atoms with Crippen molar-refractivity contribution in [3.8, 4) is 11.8 Å². The van der Waals surface area contributed by atoms with Crippen molar-refractivity contribution in [3.63, 3.8) is 0 Å². The fourth-order valence-corrected chi connectivity index (χ4v) is 3.17. The van der Waals surface area contributed by atoms with E-state index in [9.17, 15) is 22.4 Å². The molecule has 2 aromatic rings. The van der Waals surface area contributed by atoms with Crippen molar-refractivity contribution in [1.29, 1.82) is 0 Å². The number of aromatic nitrogens is 1. The first-order valence-electron chi connectivity index (χ1n) is 8.91. The van der Waals surface area contributed by atoms with Gasteiger partial charge in [-0.25, -0.2) is 14.2 Å². The molecule has 1 fully saturated rings. The number of nitrogen functional groups attached to an aromatic ring is 1. The van der Waals surface area contributed by atoms with Gasteiger partial charge in [-0.3, -0.25) is 0 Å². The zero-order chi connectivity index (χ0) is 20.8. The summed E-state index contributed by atoms with van der Waals surface area (Å²) >= 11 is 0. The lowest BCUT2D eigenvalue weighted by Crippen LogP contribution is -2.59. The van der Waals surface area contributed by atoms with Crippen LogP contribution in [0.25, 0.3) is 0 Å². The molecule has 2 amide bonds. The van der Waals surface area contributed by atoms with E-state index < -0.39 is 23.6 Å². The van der Waals surface area contributed by atoms with Gasteiger partial charge in [0.25, 0.3) is 0 Å². The number of urea groups is 1. The van der Waals surface area contributed by atoms with Gasteiger partial charge < -0.3 is 16.4 Å². The minimum atomic E-state index is -4.83. The van der Waals surface area contributed by atoms with Gasteiger partial charge in [-0.2, -0.15) is 13.2 Å². The van der Waals surface area contributed by atoms with E-state index in [2.05, 4.69) is 22.1 Å². The number of nitrogens with zero attached hydrogens (tertiary/aromatic N) is 1. The standard InChI is InChI=1S/C20H16F4N4O/c21-14-5-6-17(25)26-16(14)10-12-3-4-13-15(9-12)27-18(29)28-19(13,20(22,23)24)8-7-11-1-2-11/h3-6,9,11H,1-2,10H2,(H2,25,26)(H2,27,28,29)/t19-/m0/s1. The molecule has 0 radical (unpaired) electrons. The maximum Gasteiger partial charge on any atom is 0.427 e. The Balaban J connectivity index is 1.77. The van der Waals surface area contributed by atoms with Crippen LogP contribution in [0.15, 0.2) is 30.3 Å². The molecule has 4 rings (SSSR count). The van der Waals surface area contributed by atoms with Gasteiger partial charge in [0.2, 0.25) is 5.54 Å². The Bertz CT molecular complexity index is 1050. The van der Waals surface area contributed by atoms with Gasteiger partial charge in [0.1, 0.15) is 11.6 Å². The minimum Gasteiger partial charge on any atom is -0.384 e. The zero-order valence-electron chi connectivity index (χ0n) is 15.0. The molecule has 150 valence electrons. The largest absolute Gasteiger partial charge is 0.427 e. The van der Waals surface area contributed by atoms with Crippen LogP contribution in [-0.2, 0) is 12.0 Å². The number of alkyl halides is 3. The summed E-state index contributed by atoms with van der Waals surface area (Å²) < 4.78 is 56.1. The fourth-order valence-electron chi connectivity index (χ4n) is 3.17. The number of halogens is 4. The minimum absolute atomic E-state index is 0.000221. The molecule has 0 unspecified atom stereocenters. The van der Waals surface area contributed by atoms with Crippen LogP contribution >= 0.6 is 0 Å². The fraction of sp³-hybridized carbons (Fsp3) is 0.300. The van der Waals surface area contributed by atoms with Crippen LogP contribution in [-0.4, -0.2) is 17.2 Å². The summed E-state index contributed by atoms with van der Waals surface area (Å²) in [6.07, 6.45) is -3.33. The number of benzene rings is 1. The van der Waals surface area contributed by atoms with Crippen molar-refractivity contribution >= 4 is 17.5 Å². The van der Waals surface area contributed by atoms with Gasteiger partial charge in [0, 0.05) is 23.6 Å². The Morgan fingerprint density at radius 3 is 2.69 bits per heavy atom. The van der Waals surface area contributed by atoms with Crippen LogP contribution in [0.2, 0.25) is 0 Å². The Kier molecular flexibility index (Phi) is 4.37. The number of hydrogen-bond acceptors (Lipinski definition) is 3. The van der Waals surface area contributed by atoms with E-state index in [1.165, 1.54) is 30.3 Å². The molecule has 1 aliphatic heterocycles. The Morgan fingerprint density at radius 1 is 1.24 bits per heavy atom. The van der Waals surface area contributed by atoms with E-state index in [4.69, 9.17) is 5.73 Å². The molecule has 1 atom stereocenters. The highest BCUT2D eigenvalue weighted by atomic mass is 19.4. The molecule has 1 aromatic heterocycles. The predicted octanol–water partition coefficient (Wildman–Crippen LogP) is 3.70. The normalized spacial score (nSPS) is 20.8. The number of carbonyl (C=O) groups excluding carboxylic acids is 1. The quantitative estimate of drug-likeness (QED) is 0.528. The third kappa shape index (κ3) is 3.58. The van der Waals surface area contributed by atoms with Crippen LogP contribution in [0.5, 0.6) is 0 Å². The molecule has 0 spiro atoms. The average molecular weight is 404 g/mol. The molecule has 1 aliphatic carbocycles. The maximum atomic E-state index is 14.0. The van der Waals surface area contributed by atoms with Crippen molar-refractivity contribution in [1.82, 2.24) is 10.3 Å².